The van der Waals surface area contributed by atoms with Gasteiger partial charge in [-0.3, -0.25) is 19.3 Å². The summed E-state index contributed by atoms with van der Waals surface area (Å²) in [5.74, 6) is -0.965. The van der Waals surface area contributed by atoms with E-state index in [4.69, 9.17) is 11.6 Å². The molecular formula is C27H23ClFN3O3. The van der Waals surface area contributed by atoms with Crippen LogP contribution in [0.3, 0.4) is 0 Å². The number of benzene rings is 3. The molecule has 2 saturated heterocycles. The SMILES string of the molecule is O=C(c1ccc(F)cc1)c1ccc(N2CCN([C@H]3CC(=O)N(c4cccc(Cl)c4)C3=O)CC2)cc1. The number of nitrogens with zero attached hydrogens (tertiary/aromatic N) is 3. The number of rotatable bonds is 5. The molecule has 5 rings (SSSR count). The third-order valence-corrected chi connectivity index (χ3v) is 6.78. The molecule has 2 aliphatic rings. The number of anilines is 2. The van der Waals surface area contributed by atoms with Gasteiger partial charge in [0.05, 0.1) is 18.2 Å². The zero-order chi connectivity index (χ0) is 24.5. The first-order valence-electron chi connectivity index (χ1n) is 11.4. The molecule has 0 spiro atoms. The third kappa shape index (κ3) is 4.70. The van der Waals surface area contributed by atoms with Crippen molar-refractivity contribution < 1.29 is 18.8 Å². The lowest BCUT2D eigenvalue weighted by atomic mass is 10.0. The molecule has 1 atom stereocenters. The standard InChI is InChI=1S/C27H23ClFN3O3/c28-20-2-1-3-23(16-20)32-25(33)17-24(27(32)35)31-14-12-30(13-15-31)22-10-6-19(7-11-22)26(34)18-4-8-21(29)9-5-18/h1-11,16,24H,12-15,17H2/t24-/m0/s1. The molecule has 0 bridgehead atoms. The second-order valence-electron chi connectivity index (χ2n) is 8.67. The quantitative estimate of drug-likeness (QED) is 0.396. The summed E-state index contributed by atoms with van der Waals surface area (Å²) >= 11 is 6.04. The zero-order valence-electron chi connectivity index (χ0n) is 18.9. The number of amides is 2. The van der Waals surface area contributed by atoms with Gasteiger partial charge >= 0.3 is 0 Å². The molecule has 0 radical (unpaired) electrons. The van der Waals surface area contributed by atoms with E-state index < -0.39 is 6.04 Å². The van der Waals surface area contributed by atoms with Crippen LogP contribution in [0.4, 0.5) is 15.8 Å². The Labute approximate surface area is 207 Å². The number of piperazine rings is 1. The lowest BCUT2D eigenvalue weighted by Gasteiger charge is -2.38. The first-order valence-corrected chi connectivity index (χ1v) is 11.8. The Hall–Kier alpha value is -3.55. The molecular weight excluding hydrogens is 469 g/mol. The number of hydrogen-bond donors (Lipinski definition) is 0. The van der Waals surface area contributed by atoms with E-state index in [2.05, 4.69) is 9.80 Å². The van der Waals surface area contributed by atoms with Crippen LogP contribution in [0.1, 0.15) is 22.3 Å². The number of ketones is 1. The molecule has 6 nitrogen and oxygen atoms in total. The van der Waals surface area contributed by atoms with E-state index >= 15 is 0 Å². The molecule has 0 saturated carbocycles. The molecule has 0 aliphatic carbocycles. The molecule has 2 aliphatic heterocycles. The van der Waals surface area contributed by atoms with Crippen molar-refractivity contribution in [1.82, 2.24) is 4.90 Å². The maximum absolute atomic E-state index is 13.1. The summed E-state index contributed by atoms with van der Waals surface area (Å²) in [4.78, 5) is 43.8. The summed E-state index contributed by atoms with van der Waals surface area (Å²) in [7, 11) is 0. The molecule has 35 heavy (non-hydrogen) atoms. The van der Waals surface area contributed by atoms with Crippen LogP contribution in [0.5, 0.6) is 0 Å². The van der Waals surface area contributed by atoms with Crippen LogP contribution < -0.4 is 9.80 Å². The van der Waals surface area contributed by atoms with E-state index in [1.807, 2.05) is 12.1 Å². The van der Waals surface area contributed by atoms with Crippen molar-refractivity contribution in [2.45, 2.75) is 12.5 Å². The van der Waals surface area contributed by atoms with Gasteiger partial charge in [0.2, 0.25) is 5.91 Å². The fourth-order valence-electron chi connectivity index (χ4n) is 4.67. The van der Waals surface area contributed by atoms with E-state index in [1.54, 1.807) is 36.4 Å². The summed E-state index contributed by atoms with van der Waals surface area (Å²) in [6.45, 7) is 2.67. The van der Waals surface area contributed by atoms with E-state index in [9.17, 15) is 18.8 Å². The van der Waals surface area contributed by atoms with Crippen molar-refractivity contribution in [3.8, 4) is 0 Å². The summed E-state index contributed by atoms with van der Waals surface area (Å²) in [5.41, 5.74) is 2.46. The van der Waals surface area contributed by atoms with Crippen LogP contribution >= 0.6 is 11.6 Å². The van der Waals surface area contributed by atoms with Gasteiger partial charge in [0.1, 0.15) is 5.82 Å². The van der Waals surface area contributed by atoms with E-state index in [-0.39, 0.29) is 29.8 Å². The lowest BCUT2D eigenvalue weighted by molar-refractivity contribution is -0.123. The van der Waals surface area contributed by atoms with Gasteiger partial charge in [0, 0.05) is 48.0 Å². The van der Waals surface area contributed by atoms with Gasteiger partial charge in [-0.25, -0.2) is 9.29 Å². The molecule has 0 N–H and O–H groups in total. The molecule has 3 aromatic rings. The van der Waals surface area contributed by atoms with Crippen LogP contribution in [-0.2, 0) is 9.59 Å². The average Bonchev–Trinajstić information content (AvgIpc) is 3.18. The maximum atomic E-state index is 13.1. The second kappa shape index (κ2) is 9.60. The molecule has 3 aromatic carbocycles. The molecule has 8 heteroatoms. The van der Waals surface area contributed by atoms with Crippen molar-refractivity contribution in [2.75, 3.05) is 36.0 Å². The smallest absolute Gasteiger partial charge is 0.251 e. The Balaban J connectivity index is 1.21. The minimum absolute atomic E-state index is 0.157. The Morgan fingerprint density at radius 2 is 1.46 bits per heavy atom. The molecule has 2 fully saturated rings. The van der Waals surface area contributed by atoms with Crippen molar-refractivity contribution in [1.29, 1.82) is 0 Å². The minimum atomic E-state index is -0.473. The van der Waals surface area contributed by atoms with Gasteiger partial charge < -0.3 is 4.90 Å². The lowest BCUT2D eigenvalue weighted by Crippen LogP contribution is -2.52. The predicted molar refractivity (Wildman–Crippen MR) is 132 cm³/mol. The van der Waals surface area contributed by atoms with E-state index in [0.717, 1.165) is 5.69 Å². The highest BCUT2D eigenvalue weighted by atomic mass is 35.5. The van der Waals surface area contributed by atoms with Gasteiger partial charge in [-0.1, -0.05) is 17.7 Å². The number of carbonyl (C=O) groups is 3. The van der Waals surface area contributed by atoms with Crippen LogP contribution in [0.25, 0.3) is 0 Å². The van der Waals surface area contributed by atoms with Crippen molar-refractivity contribution in [3.05, 3.63) is 94.8 Å². The van der Waals surface area contributed by atoms with Gasteiger partial charge in [-0.05, 0) is 66.7 Å². The first-order chi connectivity index (χ1) is 16.9. The molecule has 2 heterocycles. The van der Waals surface area contributed by atoms with E-state index in [1.165, 1.54) is 29.2 Å². The van der Waals surface area contributed by atoms with Crippen LogP contribution in [-0.4, -0.2) is 54.7 Å². The van der Waals surface area contributed by atoms with Crippen LogP contribution in [0.2, 0.25) is 5.02 Å². The summed E-state index contributed by atoms with van der Waals surface area (Å²) in [5, 5.41) is 0.477. The number of halogens is 2. The topological polar surface area (TPSA) is 60.9 Å². The summed E-state index contributed by atoms with van der Waals surface area (Å²) < 4.78 is 13.1. The average molecular weight is 492 g/mol. The minimum Gasteiger partial charge on any atom is -0.369 e. The monoisotopic (exact) mass is 491 g/mol. The number of carbonyl (C=O) groups excluding carboxylic acids is 3. The molecule has 0 aromatic heterocycles. The Morgan fingerprint density at radius 1 is 0.829 bits per heavy atom. The first kappa shape index (κ1) is 23.2. The van der Waals surface area contributed by atoms with Crippen LogP contribution in [0, 0.1) is 5.82 Å². The third-order valence-electron chi connectivity index (χ3n) is 6.55. The summed E-state index contributed by atoms with van der Waals surface area (Å²) in [6.07, 6.45) is 0.158. The summed E-state index contributed by atoms with van der Waals surface area (Å²) in [6, 6.07) is 19.2. The highest BCUT2D eigenvalue weighted by molar-refractivity contribution is 6.31. The van der Waals surface area contributed by atoms with Crippen molar-refractivity contribution in [2.24, 2.45) is 0 Å². The van der Waals surface area contributed by atoms with Gasteiger partial charge in [0.15, 0.2) is 5.78 Å². The fraction of sp³-hybridized carbons (Fsp3) is 0.222. The second-order valence-corrected chi connectivity index (χ2v) is 9.11. The Kier molecular flexibility index (Phi) is 6.36. The molecule has 2 amide bonds. The maximum Gasteiger partial charge on any atom is 0.251 e. The van der Waals surface area contributed by atoms with E-state index in [0.29, 0.717) is 48.0 Å². The predicted octanol–water partition coefficient (Wildman–Crippen LogP) is 4.16. The highest BCUT2D eigenvalue weighted by Crippen LogP contribution is 2.29. The van der Waals surface area contributed by atoms with Crippen molar-refractivity contribution in [3.63, 3.8) is 0 Å². The highest BCUT2D eigenvalue weighted by Gasteiger charge is 2.43. The van der Waals surface area contributed by atoms with Gasteiger partial charge in [0.25, 0.3) is 5.91 Å². The van der Waals surface area contributed by atoms with Crippen LogP contribution in [0.15, 0.2) is 72.8 Å². The number of imide groups is 1. The van der Waals surface area contributed by atoms with Gasteiger partial charge in [-0.2, -0.15) is 0 Å². The largest absolute Gasteiger partial charge is 0.369 e. The van der Waals surface area contributed by atoms with Crippen molar-refractivity contribution >= 4 is 40.6 Å². The normalized spacial score (nSPS) is 18.9. The Morgan fingerprint density at radius 3 is 2.09 bits per heavy atom. The Bertz CT molecular complexity index is 1270. The fourth-order valence-corrected chi connectivity index (χ4v) is 4.86. The van der Waals surface area contributed by atoms with Gasteiger partial charge in [-0.15, -0.1) is 0 Å². The molecule has 178 valence electrons. The molecule has 0 unspecified atom stereocenters. The zero-order valence-corrected chi connectivity index (χ0v) is 19.6. The number of hydrogen-bond acceptors (Lipinski definition) is 5.